The molecular formula is C12H14FIN2O8. The second-order valence-electron chi connectivity index (χ2n) is 5.12. The predicted molar refractivity (Wildman–Crippen MR) is 83.6 cm³/mol. The number of aromatic nitrogens is 2. The fourth-order valence-corrected chi connectivity index (χ4v) is 2.66. The molecule has 1 aliphatic rings. The van der Waals surface area contributed by atoms with E-state index in [0.717, 1.165) is 6.20 Å². The quantitative estimate of drug-likeness (QED) is 0.250. The summed E-state index contributed by atoms with van der Waals surface area (Å²) in [5, 5.41) is 37.5. The molecule has 0 spiro atoms. The standard InChI is InChI=1S/C12H14FIN2O8/c13-5-8(19)4(2-17)24-10(5)16-1-3(9(20)15-12(16)23)7(18)6(14)11(21)22/h1,4-8,10,17-19H,2H2,(H,21,22)(H,15,20,23)/t4-,5-,6?,7?,8-,10-/m1/s1. The number of alkyl halides is 2. The van der Waals surface area contributed by atoms with Crippen LogP contribution >= 0.6 is 22.6 Å². The molecule has 2 rings (SSSR count). The summed E-state index contributed by atoms with van der Waals surface area (Å²) >= 11 is 1.39. The molecule has 134 valence electrons. The lowest BCUT2D eigenvalue weighted by Crippen LogP contribution is -2.39. The summed E-state index contributed by atoms with van der Waals surface area (Å²) in [5.41, 5.74) is -2.58. The lowest BCUT2D eigenvalue weighted by atomic mass is 10.1. The number of aliphatic hydroxyl groups excluding tert-OH is 3. The minimum absolute atomic E-state index is 0.478. The van der Waals surface area contributed by atoms with Crippen LogP contribution in [0.15, 0.2) is 15.8 Å². The molecule has 1 aromatic heterocycles. The normalized spacial score (nSPS) is 29.4. The van der Waals surface area contributed by atoms with E-state index in [9.17, 15) is 29.0 Å². The van der Waals surface area contributed by atoms with Crippen molar-refractivity contribution < 1.29 is 34.3 Å². The molecule has 1 aromatic rings. The second kappa shape index (κ2) is 7.26. The Morgan fingerprint density at radius 1 is 1.50 bits per heavy atom. The second-order valence-corrected chi connectivity index (χ2v) is 6.46. The number of hydrogen-bond acceptors (Lipinski definition) is 7. The van der Waals surface area contributed by atoms with Crippen LogP contribution in [-0.4, -0.2) is 64.9 Å². The summed E-state index contributed by atoms with van der Waals surface area (Å²) in [7, 11) is 0. The number of halogens is 2. The summed E-state index contributed by atoms with van der Waals surface area (Å²) in [6, 6.07) is 0. The van der Waals surface area contributed by atoms with E-state index in [2.05, 4.69) is 0 Å². The highest BCUT2D eigenvalue weighted by atomic mass is 127. The average molecular weight is 460 g/mol. The van der Waals surface area contributed by atoms with Crippen LogP contribution in [0.2, 0.25) is 0 Å². The van der Waals surface area contributed by atoms with Crippen molar-refractivity contribution in [3.63, 3.8) is 0 Å². The number of aliphatic carboxylic acids is 1. The fourth-order valence-electron chi connectivity index (χ4n) is 2.27. The SMILES string of the molecule is O=C(O)C(I)C(O)c1cn([C@@H]2O[C@H](CO)[C@@H](O)[C@H]2F)c(=O)[nH]c1=O. The van der Waals surface area contributed by atoms with E-state index in [1.54, 1.807) is 0 Å². The first-order chi connectivity index (χ1) is 11.2. The van der Waals surface area contributed by atoms with E-state index >= 15 is 0 Å². The molecular weight excluding hydrogens is 446 g/mol. The van der Waals surface area contributed by atoms with Crippen molar-refractivity contribution in [2.45, 2.75) is 34.6 Å². The smallest absolute Gasteiger partial charge is 0.330 e. The number of ether oxygens (including phenoxy) is 1. The Kier molecular flexibility index (Phi) is 5.74. The zero-order chi connectivity index (χ0) is 18.2. The Bertz CT molecular complexity index is 737. The molecule has 6 atom stereocenters. The summed E-state index contributed by atoms with van der Waals surface area (Å²) in [6.45, 7) is -0.694. The average Bonchev–Trinajstić information content (AvgIpc) is 2.81. The summed E-state index contributed by atoms with van der Waals surface area (Å²) in [4.78, 5) is 36.4. The van der Waals surface area contributed by atoms with Crippen LogP contribution in [0.1, 0.15) is 17.9 Å². The van der Waals surface area contributed by atoms with Crippen molar-refractivity contribution >= 4 is 28.6 Å². The van der Waals surface area contributed by atoms with Crippen molar-refractivity contribution in [3.05, 3.63) is 32.6 Å². The summed E-state index contributed by atoms with van der Waals surface area (Å²) in [5.74, 6) is -1.39. The van der Waals surface area contributed by atoms with E-state index in [0.29, 0.717) is 4.57 Å². The van der Waals surface area contributed by atoms with Crippen LogP contribution in [0.4, 0.5) is 4.39 Å². The van der Waals surface area contributed by atoms with Crippen molar-refractivity contribution in [2.75, 3.05) is 6.61 Å². The lowest BCUT2D eigenvalue weighted by Gasteiger charge is -2.19. The maximum atomic E-state index is 14.1. The van der Waals surface area contributed by atoms with Crippen molar-refractivity contribution in [2.24, 2.45) is 0 Å². The number of nitrogens with one attached hydrogen (secondary N) is 1. The largest absolute Gasteiger partial charge is 0.480 e. The fraction of sp³-hybridized carbons (Fsp3) is 0.583. The van der Waals surface area contributed by atoms with Crippen LogP contribution in [0.3, 0.4) is 0 Å². The number of nitrogens with zero attached hydrogens (tertiary/aromatic N) is 1. The molecule has 0 radical (unpaired) electrons. The molecule has 2 heterocycles. The molecule has 12 heteroatoms. The van der Waals surface area contributed by atoms with E-state index in [1.165, 1.54) is 22.6 Å². The zero-order valence-corrected chi connectivity index (χ0v) is 14.0. The van der Waals surface area contributed by atoms with Gasteiger partial charge in [0.1, 0.15) is 22.2 Å². The third kappa shape index (κ3) is 3.37. The van der Waals surface area contributed by atoms with Crippen LogP contribution in [-0.2, 0) is 9.53 Å². The molecule has 2 unspecified atom stereocenters. The molecule has 24 heavy (non-hydrogen) atoms. The van der Waals surface area contributed by atoms with Gasteiger partial charge in [-0.25, -0.2) is 9.18 Å². The molecule has 1 saturated heterocycles. The number of carbonyl (C=O) groups is 1. The Morgan fingerprint density at radius 3 is 2.62 bits per heavy atom. The number of carboxylic acid groups (broad SMARTS) is 1. The van der Waals surface area contributed by atoms with Gasteiger partial charge in [-0.2, -0.15) is 0 Å². The number of hydrogen-bond donors (Lipinski definition) is 5. The predicted octanol–water partition coefficient (Wildman–Crippen LogP) is -1.95. The Labute approximate surface area is 146 Å². The molecule has 0 saturated carbocycles. The Morgan fingerprint density at radius 2 is 2.12 bits per heavy atom. The first-order valence-electron chi connectivity index (χ1n) is 6.67. The summed E-state index contributed by atoms with van der Waals surface area (Å²) in [6.07, 6.45) is -7.67. The maximum absolute atomic E-state index is 14.1. The van der Waals surface area contributed by atoms with Gasteiger partial charge in [-0.05, 0) is 0 Å². The highest BCUT2D eigenvalue weighted by molar-refractivity contribution is 14.1. The van der Waals surface area contributed by atoms with E-state index in [1.807, 2.05) is 4.98 Å². The van der Waals surface area contributed by atoms with Gasteiger partial charge in [0.2, 0.25) is 0 Å². The molecule has 1 aliphatic heterocycles. The lowest BCUT2D eigenvalue weighted by molar-refractivity contribution is -0.137. The van der Waals surface area contributed by atoms with Crippen LogP contribution < -0.4 is 11.2 Å². The zero-order valence-electron chi connectivity index (χ0n) is 11.9. The maximum Gasteiger partial charge on any atom is 0.330 e. The molecule has 0 amide bonds. The van der Waals surface area contributed by atoms with E-state index in [-0.39, 0.29) is 0 Å². The molecule has 0 bridgehead atoms. The first kappa shape index (κ1) is 19.0. The van der Waals surface area contributed by atoms with Gasteiger partial charge >= 0.3 is 11.7 Å². The Balaban J connectivity index is 2.46. The van der Waals surface area contributed by atoms with E-state index in [4.69, 9.17) is 14.9 Å². The van der Waals surface area contributed by atoms with Crippen LogP contribution in [0.25, 0.3) is 0 Å². The molecule has 0 aliphatic carbocycles. The monoisotopic (exact) mass is 460 g/mol. The number of carboxylic acids is 1. The minimum Gasteiger partial charge on any atom is -0.480 e. The summed E-state index contributed by atoms with van der Waals surface area (Å²) < 4.78 is 18.4. The Hall–Kier alpha value is -1.35. The van der Waals surface area contributed by atoms with Gasteiger partial charge in [-0.15, -0.1) is 0 Å². The van der Waals surface area contributed by atoms with Crippen molar-refractivity contribution in [1.29, 1.82) is 0 Å². The number of H-pyrrole nitrogens is 1. The van der Waals surface area contributed by atoms with Crippen molar-refractivity contribution in [3.8, 4) is 0 Å². The molecule has 5 N–H and O–H groups in total. The number of aromatic amines is 1. The van der Waals surface area contributed by atoms with Crippen LogP contribution in [0.5, 0.6) is 0 Å². The highest BCUT2D eigenvalue weighted by Crippen LogP contribution is 2.31. The van der Waals surface area contributed by atoms with Gasteiger partial charge in [0.05, 0.1) is 12.2 Å². The van der Waals surface area contributed by atoms with Gasteiger partial charge in [-0.3, -0.25) is 19.1 Å². The van der Waals surface area contributed by atoms with Gasteiger partial charge in [-0.1, -0.05) is 22.6 Å². The van der Waals surface area contributed by atoms with Gasteiger partial charge in [0.25, 0.3) is 5.56 Å². The van der Waals surface area contributed by atoms with Crippen molar-refractivity contribution in [1.82, 2.24) is 9.55 Å². The molecule has 10 nitrogen and oxygen atoms in total. The highest BCUT2D eigenvalue weighted by Gasteiger charge is 2.45. The minimum atomic E-state index is -2.08. The van der Waals surface area contributed by atoms with Crippen LogP contribution in [0, 0.1) is 0 Å². The topological polar surface area (TPSA) is 162 Å². The van der Waals surface area contributed by atoms with E-state index < -0.39 is 64.0 Å². The number of aliphatic hydroxyl groups is 3. The third-order valence-corrected chi connectivity index (χ3v) is 4.79. The first-order valence-corrected chi connectivity index (χ1v) is 7.92. The molecule has 0 aromatic carbocycles. The number of rotatable bonds is 5. The molecule has 1 fully saturated rings. The van der Waals surface area contributed by atoms with Gasteiger partial charge in [0, 0.05) is 6.20 Å². The van der Waals surface area contributed by atoms with Gasteiger partial charge < -0.3 is 25.2 Å². The third-order valence-electron chi connectivity index (χ3n) is 3.58. The van der Waals surface area contributed by atoms with Gasteiger partial charge in [0.15, 0.2) is 12.4 Å².